The van der Waals surface area contributed by atoms with Crippen molar-refractivity contribution < 1.29 is 22.6 Å². The summed E-state index contributed by atoms with van der Waals surface area (Å²) in [6.07, 6.45) is 1.61. The molecule has 39 heavy (non-hydrogen) atoms. The topological polar surface area (TPSA) is 85.5 Å². The molecule has 1 saturated heterocycles. The van der Waals surface area contributed by atoms with E-state index in [4.69, 9.17) is 15.2 Å². The number of nitrogens with zero attached hydrogens (tertiary/aromatic N) is 3. The van der Waals surface area contributed by atoms with Crippen molar-refractivity contribution in [1.82, 2.24) is 14.9 Å². The van der Waals surface area contributed by atoms with Crippen molar-refractivity contribution in [3.8, 4) is 11.5 Å². The molecule has 3 aromatic rings. The molecule has 7 nitrogen and oxygen atoms in total. The zero-order valence-electron chi connectivity index (χ0n) is 22.9. The van der Waals surface area contributed by atoms with Gasteiger partial charge in [0.15, 0.2) is 11.5 Å². The molecule has 2 atom stereocenters. The minimum absolute atomic E-state index is 0.0589. The first-order chi connectivity index (χ1) is 18.5. The smallest absolute Gasteiger partial charge is 0.416 e. The molecule has 2 aliphatic rings. The molecule has 210 valence electrons. The summed E-state index contributed by atoms with van der Waals surface area (Å²) in [7, 11) is 1.60. The lowest BCUT2D eigenvalue weighted by atomic mass is 9.91. The van der Waals surface area contributed by atoms with Crippen LogP contribution in [0.4, 0.5) is 24.7 Å². The van der Waals surface area contributed by atoms with Crippen LogP contribution in [-0.4, -0.2) is 47.2 Å². The Morgan fingerprint density at radius 1 is 1.08 bits per heavy atom. The number of likely N-dealkylation sites (tertiary alicyclic amines) is 1. The number of hydrogen-bond acceptors (Lipinski definition) is 7. The Bertz CT molecular complexity index is 1360. The van der Waals surface area contributed by atoms with Gasteiger partial charge in [0.05, 0.1) is 24.2 Å². The molecule has 0 unspecified atom stereocenters. The molecule has 2 fully saturated rings. The number of fused-ring (bicyclic) bond motifs is 1. The van der Waals surface area contributed by atoms with E-state index in [9.17, 15) is 13.2 Å². The summed E-state index contributed by atoms with van der Waals surface area (Å²) in [4.78, 5) is 11.8. The molecule has 0 radical (unpaired) electrons. The van der Waals surface area contributed by atoms with Crippen LogP contribution < -0.4 is 20.5 Å². The van der Waals surface area contributed by atoms with Gasteiger partial charge in [0.25, 0.3) is 0 Å². The first-order valence-electron chi connectivity index (χ1n) is 13.5. The van der Waals surface area contributed by atoms with Crippen molar-refractivity contribution in [3.05, 3.63) is 46.8 Å². The lowest BCUT2D eigenvalue weighted by Crippen LogP contribution is -2.45. The number of hydrogen-bond donors (Lipinski definition) is 2. The van der Waals surface area contributed by atoms with Crippen LogP contribution in [0.2, 0.25) is 0 Å². The number of alkyl halides is 3. The Balaban J connectivity index is 1.45. The molecular formula is C29H36F3N5O2. The van der Waals surface area contributed by atoms with Crippen LogP contribution in [0.3, 0.4) is 0 Å². The Kier molecular flexibility index (Phi) is 7.50. The molecule has 2 aromatic carbocycles. The van der Waals surface area contributed by atoms with E-state index in [1.165, 1.54) is 32.6 Å². The van der Waals surface area contributed by atoms with E-state index in [1.54, 1.807) is 27.0 Å². The highest BCUT2D eigenvalue weighted by atomic mass is 19.4. The zero-order chi connectivity index (χ0) is 27.9. The van der Waals surface area contributed by atoms with Crippen molar-refractivity contribution >= 4 is 22.4 Å². The molecule has 1 aliphatic heterocycles. The number of benzene rings is 2. The Morgan fingerprint density at radius 3 is 2.51 bits per heavy atom. The predicted molar refractivity (Wildman–Crippen MR) is 146 cm³/mol. The van der Waals surface area contributed by atoms with E-state index < -0.39 is 17.8 Å². The quantitative estimate of drug-likeness (QED) is 0.317. The molecule has 5 rings (SSSR count). The molecule has 0 amide bonds. The van der Waals surface area contributed by atoms with E-state index in [0.717, 1.165) is 19.0 Å². The van der Waals surface area contributed by atoms with Gasteiger partial charge in [0.2, 0.25) is 0 Å². The van der Waals surface area contributed by atoms with Crippen LogP contribution in [0.1, 0.15) is 67.6 Å². The summed E-state index contributed by atoms with van der Waals surface area (Å²) in [6, 6.07) is 6.76. The summed E-state index contributed by atoms with van der Waals surface area (Å²) in [5, 5.41) is 4.01. The first kappa shape index (κ1) is 27.3. The fourth-order valence-electron chi connectivity index (χ4n) is 5.84. The van der Waals surface area contributed by atoms with Crippen molar-refractivity contribution in [1.29, 1.82) is 0 Å². The van der Waals surface area contributed by atoms with Crippen molar-refractivity contribution in [2.24, 2.45) is 0 Å². The average molecular weight is 544 g/mol. The largest absolute Gasteiger partial charge is 0.493 e. The number of ether oxygens (including phenoxy) is 2. The molecule has 3 N–H and O–H groups in total. The third-order valence-electron chi connectivity index (χ3n) is 8.09. The molecule has 0 spiro atoms. The lowest BCUT2D eigenvalue weighted by molar-refractivity contribution is -0.138. The van der Waals surface area contributed by atoms with Crippen molar-refractivity contribution in [2.75, 3.05) is 31.3 Å². The van der Waals surface area contributed by atoms with Gasteiger partial charge in [-0.25, -0.2) is 9.97 Å². The highest BCUT2D eigenvalue weighted by Gasteiger charge is 2.35. The normalized spacial score (nSPS) is 19.2. The maximum atomic E-state index is 13.6. The number of nitrogens with two attached hydrogens (primary N) is 1. The van der Waals surface area contributed by atoms with E-state index in [0.29, 0.717) is 58.3 Å². The van der Waals surface area contributed by atoms with Crippen LogP contribution >= 0.6 is 0 Å². The van der Waals surface area contributed by atoms with Gasteiger partial charge in [0, 0.05) is 29.2 Å². The van der Waals surface area contributed by atoms with Gasteiger partial charge in [-0.15, -0.1) is 0 Å². The van der Waals surface area contributed by atoms with E-state index >= 15 is 0 Å². The Morgan fingerprint density at radius 2 is 1.85 bits per heavy atom. The van der Waals surface area contributed by atoms with Crippen molar-refractivity contribution in [2.45, 2.75) is 77.2 Å². The van der Waals surface area contributed by atoms with Gasteiger partial charge < -0.3 is 20.5 Å². The maximum Gasteiger partial charge on any atom is 0.416 e. The molecule has 1 saturated carbocycles. The SMILES string of the molecule is COc1cc2nc(C)nc(N[C@H](C)c3cc(N)cc(C(F)(F)F)c3C)c2cc1OC[C@@H]1CCCN1C1CCC1. The second kappa shape index (κ2) is 10.7. The number of anilines is 2. The Labute approximate surface area is 226 Å². The predicted octanol–water partition coefficient (Wildman–Crippen LogP) is 6.43. The molecule has 10 heteroatoms. The summed E-state index contributed by atoms with van der Waals surface area (Å²) >= 11 is 0. The fraction of sp³-hybridized carbons (Fsp3) is 0.517. The van der Waals surface area contributed by atoms with Crippen LogP contribution in [-0.2, 0) is 6.18 Å². The van der Waals surface area contributed by atoms with Crippen LogP contribution in [0.25, 0.3) is 10.9 Å². The summed E-state index contributed by atoms with van der Waals surface area (Å²) in [6.45, 7) is 6.71. The number of aromatic nitrogens is 2. The summed E-state index contributed by atoms with van der Waals surface area (Å²) in [5.74, 6) is 2.20. The standard InChI is InChI=1S/C29H36F3N5O2/c1-16-22(11-19(33)12-24(16)29(30,31)32)17(2)34-28-23-13-27(26(38-4)14-25(23)35-18(3)36-28)39-15-21-9-6-10-37(21)20-7-5-8-20/h11-14,17,20-21H,5-10,15,33H2,1-4H3,(H,34,35,36)/t17-,21+/m1/s1. The summed E-state index contributed by atoms with van der Waals surface area (Å²) < 4.78 is 52.9. The van der Waals surface area contributed by atoms with Gasteiger partial charge in [-0.3, -0.25) is 4.90 Å². The number of nitrogen functional groups attached to an aromatic ring is 1. The molecule has 1 aliphatic carbocycles. The van der Waals surface area contributed by atoms with Crippen LogP contribution in [0.15, 0.2) is 24.3 Å². The minimum Gasteiger partial charge on any atom is -0.493 e. The second-order valence-electron chi connectivity index (χ2n) is 10.7. The van der Waals surface area contributed by atoms with E-state index in [1.807, 2.05) is 12.1 Å². The number of methoxy groups -OCH3 is 1. The van der Waals surface area contributed by atoms with Gasteiger partial charge in [0.1, 0.15) is 18.2 Å². The molecule has 2 heterocycles. The number of aryl methyl sites for hydroxylation is 1. The maximum absolute atomic E-state index is 13.6. The monoisotopic (exact) mass is 543 g/mol. The van der Waals surface area contributed by atoms with Gasteiger partial charge in [-0.2, -0.15) is 13.2 Å². The van der Waals surface area contributed by atoms with E-state index in [-0.39, 0.29) is 11.3 Å². The van der Waals surface area contributed by atoms with E-state index in [2.05, 4.69) is 20.2 Å². The highest BCUT2D eigenvalue weighted by Crippen LogP contribution is 2.39. The summed E-state index contributed by atoms with van der Waals surface area (Å²) in [5.41, 5.74) is 6.42. The Hall–Kier alpha value is -3.27. The fourth-order valence-corrected chi connectivity index (χ4v) is 5.84. The third-order valence-corrected chi connectivity index (χ3v) is 8.09. The first-order valence-corrected chi connectivity index (χ1v) is 13.5. The molecule has 1 aromatic heterocycles. The minimum atomic E-state index is -4.50. The zero-order valence-corrected chi connectivity index (χ0v) is 22.9. The molecular weight excluding hydrogens is 507 g/mol. The molecule has 0 bridgehead atoms. The van der Waals surface area contributed by atoms with Gasteiger partial charge >= 0.3 is 6.18 Å². The number of rotatable bonds is 8. The average Bonchev–Trinajstić information content (AvgIpc) is 3.29. The van der Waals surface area contributed by atoms with Crippen LogP contribution in [0, 0.1) is 13.8 Å². The third kappa shape index (κ3) is 5.57. The van der Waals surface area contributed by atoms with Gasteiger partial charge in [-0.1, -0.05) is 6.42 Å². The van der Waals surface area contributed by atoms with Crippen LogP contribution in [0.5, 0.6) is 11.5 Å². The van der Waals surface area contributed by atoms with Gasteiger partial charge in [-0.05, 0) is 82.3 Å². The number of nitrogens with one attached hydrogen (secondary N) is 1. The lowest BCUT2D eigenvalue weighted by Gasteiger charge is -2.38. The van der Waals surface area contributed by atoms with Crippen molar-refractivity contribution in [3.63, 3.8) is 0 Å². The second-order valence-corrected chi connectivity index (χ2v) is 10.7. The number of halogens is 3. The highest BCUT2D eigenvalue weighted by molar-refractivity contribution is 5.92.